The molecule has 0 N–H and O–H groups in total. The summed E-state index contributed by atoms with van der Waals surface area (Å²) in [5.41, 5.74) is 0. The van der Waals surface area contributed by atoms with Crippen molar-refractivity contribution in [2.75, 3.05) is 0 Å². The molecule has 0 saturated heterocycles. The van der Waals surface area contributed by atoms with Gasteiger partial charge < -0.3 is 0 Å². The van der Waals surface area contributed by atoms with Crippen molar-refractivity contribution in [3.8, 4) is 0 Å². The molecule has 56 valence electrons. The first kappa shape index (κ1) is 9.43. The van der Waals surface area contributed by atoms with Crippen molar-refractivity contribution in [3.05, 3.63) is 0 Å². The lowest BCUT2D eigenvalue weighted by molar-refractivity contribution is 0.878. The summed E-state index contributed by atoms with van der Waals surface area (Å²) >= 11 is 0. The van der Waals surface area contributed by atoms with Gasteiger partial charge in [0, 0.05) is 16.6 Å². The Morgan fingerprint density at radius 1 is 1.11 bits per heavy atom. The topological polar surface area (TPSA) is 0 Å². The Bertz CT molecular complexity index is 61.9. The van der Waals surface area contributed by atoms with E-state index in [4.69, 9.17) is 0 Å². The molecule has 0 heterocycles. The SMILES string of the molecule is CCCC[SiH](C)[SiH](C)C. The molecule has 2 heteroatoms. The van der Waals surface area contributed by atoms with Crippen molar-refractivity contribution in [1.82, 2.24) is 0 Å². The normalized spacial score (nSPS) is 14.3. The molecule has 0 spiro atoms. The van der Waals surface area contributed by atoms with E-state index in [-0.39, 0.29) is 16.6 Å². The van der Waals surface area contributed by atoms with Crippen LogP contribution >= 0.6 is 0 Å². The van der Waals surface area contributed by atoms with Crippen molar-refractivity contribution >= 4 is 16.6 Å². The van der Waals surface area contributed by atoms with E-state index in [2.05, 4.69) is 26.6 Å². The molecule has 1 unspecified atom stereocenters. The first-order chi connectivity index (χ1) is 4.18. The second-order valence-corrected chi connectivity index (χ2v) is 15.8. The largest absolute Gasteiger partial charge is 0.0743 e. The summed E-state index contributed by atoms with van der Waals surface area (Å²) in [6.45, 7) is 9.86. The monoisotopic (exact) mass is 160 g/mol. The van der Waals surface area contributed by atoms with Gasteiger partial charge in [-0.15, -0.1) is 0 Å². The molecule has 0 aromatic rings. The highest BCUT2D eigenvalue weighted by molar-refractivity contribution is 7.20. The van der Waals surface area contributed by atoms with Crippen molar-refractivity contribution in [2.45, 2.75) is 45.5 Å². The number of unbranched alkanes of at least 4 members (excludes halogenated alkanes) is 1. The van der Waals surface area contributed by atoms with Gasteiger partial charge in [0.2, 0.25) is 0 Å². The fourth-order valence-corrected chi connectivity index (χ4v) is 5.29. The highest BCUT2D eigenvalue weighted by Crippen LogP contribution is 2.03. The van der Waals surface area contributed by atoms with Crippen LogP contribution in [0.4, 0.5) is 0 Å². The zero-order chi connectivity index (χ0) is 7.28. The quantitative estimate of drug-likeness (QED) is 0.553. The van der Waals surface area contributed by atoms with Crippen LogP contribution in [-0.2, 0) is 0 Å². The van der Waals surface area contributed by atoms with Crippen LogP contribution < -0.4 is 0 Å². The van der Waals surface area contributed by atoms with E-state index in [1.165, 1.54) is 12.8 Å². The lowest BCUT2D eigenvalue weighted by Gasteiger charge is -2.10. The molecule has 9 heavy (non-hydrogen) atoms. The van der Waals surface area contributed by atoms with Crippen LogP contribution in [0.25, 0.3) is 0 Å². The van der Waals surface area contributed by atoms with E-state index < -0.39 is 0 Å². The van der Waals surface area contributed by atoms with E-state index in [1.807, 2.05) is 0 Å². The lowest BCUT2D eigenvalue weighted by atomic mass is 10.4. The second kappa shape index (κ2) is 5.24. The number of hydrogen-bond acceptors (Lipinski definition) is 0. The Morgan fingerprint density at radius 2 is 1.67 bits per heavy atom. The summed E-state index contributed by atoms with van der Waals surface area (Å²) in [4.78, 5) is 0. The number of hydrogen-bond donors (Lipinski definition) is 0. The minimum Gasteiger partial charge on any atom is -0.0743 e. The van der Waals surface area contributed by atoms with Crippen LogP contribution in [-0.4, -0.2) is 16.6 Å². The van der Waals surface area contributed by atoms with E-state index in [1.54, 1.807) is 6.04 Å². The molecule has 0 aliphatic rings. The highest BCUT2D eigenvalue weighted by Gasteiger charge is 2.07. The molecule has 0 saturated carbocycles. The van der Waals surface area contributed by atoms with Crippen molar-refractivity contribution < 1.29 is 0 Å². The van der Waals surface area contributed by atoms with Gasteiger partial charge in [-0.05, 0) is 0 Å². The summed E-state index contributed by atoms with van der Waals surface area (Å²) in [6, 6.07) is 1.61. The van der Waals surface area contributed by atoms with Crippen molar-refractivity contribution in [2.24, 2.45) is 0 Å². The zero-order valence-electron chi connectivity index (χ0n) is 7.28. The summed E-state index contributed by atoms with van der Waals surface area (Å²) in [5, 5.41) is 0. The van der Waals surface area contributed by atoms with Gasteiger partial charge in [-0.25, -0.2) is 0 Å². The maximum atomic E-state index is 2.55. The summed E-state index contributed by atoms with van der Waals surface area (Å²) < 4.78 is 0. The van der Waals surface area contributed by atoms with Gasteiger partial charge in [-0.3, -0.25) is 0 Å². The van der Waals surface area contributed by atoms with Gasteiger partial charge in [0.05, 0.1) is 0 Å². The molecule has 0 radical (unpaired) electrons. The fraction of sp³-hybridized carbons (Fsp3) is 1.00. The molecule has 0 rings (SSSR count). The minimum absolute atomic E-state index is 0.154. The predicted octanol–water partition coefficient (Wildman–Crippen LogP) is 2.21. The van der Waals surface area contributed by atoms with Crippen LogP contribution in [0.2, 0.25) is 25.7 Å². The summed E-state index contributed by atoms with van der Waals surface area (Å²) in [6.07, 6.45) is 2.90. The van der Waals surface area contributed by atoms with Gasteiger partial charge in [-0.1, -0.05) is 45.5 Å². The van der Waals surface area contributed by atoms with Gasteiger partial charge in [0.25, 0.3) is 0 Å². The fourth-order valence-electron chi connectivity index (χ4n) is 0.859. The molecule has 0 aliphatic carbocycles. The average molecular weight is 160 g/mol. The van der Waals surface area contributed by atoms with Crippen molar-refractivity contribution in [1.29, 1.82) is 0 Å². The smallest absolute Gasteiger partial charge is 0.0244 e. The highest BCUT2D eigenvalue weighted by atomic mass is 29.2. The Hall–Kier alpha value is 0.434. The van der Waals surface area contributed by atoms with Gasteiger partial charge in [0.1, 0.15) is 0 Å². The molecule has 0 bridgehead atoms. The van der Waals surface area contributed by atoms with Crippen LogP contribution in [0.15, 0.2) is 0 Å². The molecule has 1 atom stereocenters. The van der Waals surface area contributed by atoms with Crippen molar-refractivity contribution in [3.63, 3.8) is 0 Å². The first-order valence-corrected chi connectivity index (χ1v) is 11.1. The molecule has 0 amide bonds. The second-order valence-electron chi connectivity index (χ2n) is 3.36. The van der Waals surface area contributed by atoms with E-state index >= 15 is 0 Å². The van der Waals surface area contributed by atoms with Crippen LogP contribution in [0.5, 0.6) is 0 Å². The maximum absolute atomic E-state index is 2.55. The third kappa shape index (κ3) is 4.91. The molecule has 0 fully saturated rings. The third-order valence-corrected chi connectivity index (χ3v) is 13.6. The molecule has 0 aliphatic heterocycles. The Kier molecular flexibility index (Phi) is 5.49. The number of rotatable bonds is 4. The molecular formula is C7H20Si2. The maximum Gasteiger partial charge on any atom is 0.0244 e. The molecular weight excluding hydrogens is 140 g/mol. The standard InChI is InChI=1S/C7H20Si2/c1-5-6-7-9(4)8(2)3/h8-9H,5-7H2,1-4H3. The molecule has 0 aromatic heterocycles. The van der Waals surface area contributed by atoms with E-state index in [0.717, 1.165) is 0 Å². The average Bonchev–Trinajstić information content (AvgIpc) is 1.82. The van der Waals surface area contributed by atoms with Crippen LogP contribution in [0.1, 0.15) is 19.8 Å². The van der Waals surface area contributed by atoms with Gasteiger partial charge in [-0.2, -0.15) is 0 Å². The Balaban J connectivity index is 3.16. The Morgan fingerprint density at radius 3 is 2.00 bits per heavy atom. The van der Waals surface area contributed by atoms with Crippen LogP contribution in [0, 0.1) is 0 Å². The molecule has 0 aromatic carbocycles. The molecule has 0 nitrogen and oxygen atoms in total. The summed E-state index contributed by atoms with van der Waals surface area (Å²) in [7, 11) is -0.312. The minimum atomic E-state index is -0.157. The van der Waals surface area contributed by atoms with Gasteiger partial charge >= 0.3 is 0 Å². The zero-order valence-corrected chi connectivity index (χ0v) is 9.59. The predicted molar refractivity (Wildman–Crippen MR) is 51.6 cm³/mol. The van der Waals surface area contributed by atoms with Gasteiger partial charge in [0.15, 0.2) is 0 Å². The van der Waals surface area contributed by atoms with E-state index in [9.17, 15) is 0 Å². The van der Waals surface area contributed by atoms with Crippen LogP contribution in [0.3, 0.4) is 0 Å². The summed E-state index contributed by atoms with van der Waals surface area (Å²) in [5.74, 6) is 0. The Labute approximate surface area is 62.7 Å². The third-order valence-electron chi connectivity index (χ3n) is 2.15. The van der Waals surface area contributed by atoms with E-state index in [0.29, 0.717) is 0 Å². The lowest BCUT2D eigenvalue weighted by Crippen LogP contribution is -2.25. The first-order valence-electron chi connectivity index (χ1n) is 4.18.